The summed E-state index contributed by atoms with van der Waals surface area (Å²) >= 11 is 6.10. The zero-order chi connectivity index (χ0) is 22.9. The monoisotopic (exact) mass is 441 g/mol. The second-order valence-corrected chi connectivity index (χ2v) is 8.14. The third kappa shape index (κ3) is 4.01. The Morgan fingerprint density at radius 2 is 1.68 bits per heavy atom. The third-order valence-electron chi connectivity index (χ3n) is 5.44. The van der Waals surface area contributed by atoms with Crippen LogP contribution in [0.4, 0.5) is 17.1 Å². The molecule has 3 aromatic rings. The molecule has 1 amide bonds. The smallest absolute Gasteiger partial charge is 0.258 e. The van der Waals surface area contributed by atoms with Crippen LogP contribution in [0.25, 0.3) is 0 Å². The van der Waals surface area contributed by atoms with E-state index in [4.69, 9.17) is 11.6 Å². The Labute approximate surface area is 185 Å². The molecule has 0 heterocycles. The van der Waals surface area contributed by atoms with Crippen LogP contribution in [-0.4, -0.2) is 30.0 Å². The molecule has 3 aromatic carbocycles. The van der Waals surface area contributed by atoms with Crippen LogP contribution < -0.4 is 21.5 Å². The molecule has 7 nitrogen and oxygen atoms in total. The number of phenolic OH excluding ortho intramolecular Hbond substituents is 1. The summed E-state index contributed by atoms with van der Waals surface area (Å²) in [7, 11) is 3.07. The Bertz CT molecular complexity index is 1200. The number of hydrogen-bond donors (Lipinski definition) is 3. The third-order valence-corrected chi connectivity index (χ3v) is 5.75. The van der Waals surface area contributed by atoms with E-state index in [1.54, 1.807) is 0 Å². The molecule has 162 valence electrons. The highest BCUT2D eigenvalue weighted by Gasteiger charge is 2.31. The average molecular weight is 442 g/mol. The standard InChI is InChI=1S/C23H24ClN3O4/c1-5-23(2,13-9-7-6-8-10-13)26-18-17(20(29)21(18)30)25-15-12-11-14(24)16(19(15)28)22(31)27(3)4/h6-12,25-26,28H,5H2,1-4H3. The predicted octanol–water partition coefficient (Wildman–Crippen LogP) is 3.82. The van der Waals surface area contributed by atoms with Gasteiger partial charge in [-0.05, 0) is 31.0 Å². The van der Waals surface area contributed by atoms with Crippen molar-refractivity contribution in [2.24, 2.45) is 0 Å². The van der Waals surface area contributed by atoms with Gasteiger partial charge in [0.25, 0.3) is 16.8 Å². The zero-order valence-electron chi connectivity index (χ0n) is 17.7. The van der Waals surface area contributed by atoms with Crippen molar-refractivity contribution in [2.45, 2.75) is 25.8 Å². The highest BCUT2D eigenvalue weighted by Crippen LogP contribution is 2.37. The lowest BCUT2D eigenvalue weighted by atomic mass is 9.88. The fourth-order valence-electron chi connectivity index (χ4n) is 3.31. The minimum absolute atomic E-state index is 0.0291. The summed E-state index contributed by atoms with van der Waals surface area (Å²) in [6.07, 6.45) is 0.656. The van der Waals surface area contributed by atoms with Crippen LogP contribution in [0.1, 0.15) is 36.2 Å². The van der Waals surface area contributed by atoms with Crippen LogP contribution in [0.5, 0.6) is 5.75 Å². The summed E-state index contributed by atoms with van der Waals surface area (Å²) in [6.45, 7) is 3.92. The number of anilines is 3. The lowest BCUT2D eigenvalue weighted by molar-refractivity contribution is 0.0825. The van der Waals surface area contributed by atoms with Crippen LogP contribution in [0.2, 0.25) is 5.02 Å². The Balaban J connectivity index is 1.99. The lowest BCUT2D eigenvalue weighted by Crippen LogP contribution is -2.42. The SMILES string of the molecule is CCC(C)(Nc1c(Nc2ccc(Cl)c(C(=O)N(C)C)c2O)c(=O)c1=O)c1ccccc1. The normalized spacial score (nSPS) is 12.9. The van der Waals surface area contributed by atoms with Crippen LogP contribution in [0.15, 0.2) is 52.1 Å². The molecule has 0 aliphatic rings. The molecule has 0 saturated heterocycles. The van der Waals surface area contributed by atoms with Crippen LogP contribution in [0.3, 0.4) is 0 Å². The van der Waals surface area contributed by atoms with E-state index in [2.05, 4.69) is 10.6 Å². The molecule has 0 aliphatic carbocycles. The van der Waals surface area contributed by atoms with E-state index in [0.717, 1.165) is 5.56 Å². The van der Waals surface area contributed by atoms with Gasteiger partial charge >= 0.3 is 0 Å². The van der Waals surface area contributed by atoms with Gasteiger partial charge in [-0.25, -0.2) is 0 Å². The summed E-state index contributed by atoms with van der Waals surface area (Å²) in [5.41, 5.74) is -0.803. The molecule has 0 aromatic heterocycles. The molecule has 0 radical (unpaired) electrons. The number of hydrogen-bond acceptors (Lipinski definition) is 6. The van der Waals surface area contributed by atoms with E-state index < -0.39 is 28.1 Å². The fraction of sp³-hybridized carbons (Fsp3) is 0.261. The summed E-state index contributed by atoms with van der Waals surface area (Å²) in [5.74, 6) is -0.886. The number of nitrogens with one attached hydrogen (secondary N) is 2. The molecule has 1 atom stereocenters. The number of phenols is 1. The molecule has 3 rings (SSSR count). The first kappa shape index (κ1) is 22.4. The molecule has 3 N–H and O–H groups in total. The molecule has 0 fully saturated rings. The summed E-state index contributed by atoms with van der Waals surface area (Å²) in [4.78, 5) is 38.3. The van der Waals surface area contributed by atoms with E-state index >= 15 is 0 Å². The van der Waals surface area contributed by atoms with Crippen LogP contribution >= 0.6 is 11.6 Å². The maximum Gasteiger partial charge on any atom is 0.258 e. The molecular formula is C23H24ClN3O4. The van der Waals surface area contributed by atoms with Gasteiger partial charge in [0.1, 0.15) is 16.9 Å². The van der Waals surface area contributed by atoms with Gasteiger partial charge in [-0.2, -0.15) is 0 Å². The van der Waals surface area contributed by atoms with Crippen molar-refractivity contribution in [1.82, 2.24) is 4.90 Å². The Hall–Kier alpha value is -3.32. The molecule has 1 unspecified atom stereocenters. The van der Waals surface area contributed by atoms with Crippen LogP contribution in [0, 0.1) is 0 Å². The van der Waals surface area contributed by atoms with E-state index in [0.29, 0.717) is 6.42 Å². The summed E-state index contributed by atoms with van der Waals surface area (Å²) in [6, 6.07) is 12.5. The maximum atomic E-state index is 12.4. The Kier molecular flexibility index (Phi) is 6.08. The average Bonchev–Trinajstić information content (AvgIpc) is 2.77. The lowest BCUT2D eigenvalue weighted by Gasteiger charge is -2.32. The van der Waals surface area contributed by atoms with E-state index in [1.165, 1.54) is 31.1 Å². The second kappa shape index (κ2) is 8.43. The van der Waals surface area contributed by atoms with Crippen molar-refractivity contribution >= 4 is 34.6 Å². The predicted molar refractivity (Wildman–Crippen MR) is 123 cm³/mol. The number of rotatable bonds is 7. The van der Waals surface area contributed by atoms with E-state index in [9.17, 15) is 19.5 Å². The van der Waals surface area contributed by atoms with Gasteiger partial charge in [-0.15, -0.1) is 0 Å². The first-order valence-electron chi connectivity index (χ1n) is 9.78. The largest absolute Gasteiger partial charge is 0.505 e. The molecular weight excluding hydrogens is 418 g/mol. The Morgan fingerprint density at radius 3 is 2.26 bits per heavy atom. The minimum Gasteiger partial charge on any atom is -0.505 e. The van der Waals surface area contributed by atoms with Crippen molar-refractivity contribution < 1.29 is 9.90 Å². The number of amides is 1. The van der Waals surface area contributed by atoms with Crippen molar-refractivity contribution in [3.05, 3.63) is 79.1 Å². The summed E-state index contributed by atoms with van der Waals surface area (Å²) < 4.78 is 0. The van der Waals surface area contributed by atoms with Gasteiger partial charge in [0.05, 0.1) is 16.2 Å². The second-order valence-electron chi connectivity index (χ2n) is 7.73. The highest BCUT2D eigenvalue weighted by molar-refractivity contribution is 6.34. The number of carbonyl (C=O) groups is 1. The summed E-state index contributed by atoms with van der Waals surface area (Å²) in [5, 5.41) is 16.7. The molecule has 0 spiro atoms. The fourth-order valence-corrected chi connectivity index (χ4v) is 3.54. The van der Waals surface area contributed by atoms with E-state index in [-0.39, 0.29) is 27.6 Å². The topological polar surface area (TPSA) is 98.7 Å². The van der Waals surface area contributed by atoms with Gasteiger partial charge in [-0.3, -0.25) is 14.4 Å². The zero-order valence-corrected chi connectivity index (χ0v) is 18.5. The molecule has 0 aliphatic heterocycles. The Morgan fingerprint density at radius 1 is 1.06 bits per heavy atom. The van der Waals surface area contributed by atoms with Crippen molar-refractivity contribution in [3.8, 4) is 5.75 Å². The number of carbonyl (C=O) groups excluding carboxylic acids is 1. The van der Waals surface area contributed by atoms with Gasteiger partial charge in [0, 0.05) is 14.1 Å². The quantitative estimate of drug-likeness (QED) is 0.381. The first-order valence-corrected chi connectivity index (χ1v) is 10.2. The maximum absolute atomic E-state index is 12.4. The number of halogens is 1. The molecule has 8 heteroatoms. The van der Waals surface area contributed by atoms with Gasteiger partial charge < -0.3 is 20.6 Å². The van der Waals surface area contributed by atoms with Crippen molar-refractivity contribution in [2.75, 3.05) is 24.7 Å². The molecule has 0 saturated carbocycles. The van der Waals surface area contributed by atoms with Gasteiger partial charge in [-0.1, -0.05) is 48.9 Å². The number of benzene rings is 2. The van der Waals surface area contributed by atoms with Gasteiger partial charge in [0.2, 0.25) is 0 Å². The van der Waals surface area contributed by atoms with Crippen molar-refractivity contribution in [3.63, 3.8) is 0 Å². The van der Waals surface area contributed by atoms with Crippen LogP contribution in [-0.2, 0) is 5.54 Å². The highest BCUT2D eigenvalue weighted by atomic mass is 35.5. The number of aromatic hydroxyl groups is 1. The molecule has 0 bridgehead atoms. The van der Waals surface area contributed by atoms with Gasteiger partial charge in [0.15, 0.2) is 5.75 Å². The molecule has 31 heavy (non-hydrogen) atoms. The number of nitrogens with zero attached hydrogens (tertiary/aromatic N) is 1. The van der Waals surface area contributed by atoms with Crippen molar-refractivity contribution in [1.29, 1.82) is 0 Å². The first-order chi connectivity index (χ1) is 14.6. The van der Waals surface area contributed by atoms with E-state index in [1.807, 2.05) is 44.2 Å². The minimum atomic E-state index is -0.705.